The fourth-order valence-electron chi connectivity index (χ4n) is 5.59. The van der Waals surface area contributed by atoms with Gasteiger partial charge in [-0.2, -0.15) is 0 Å². The zero-order valence-electron chi connectivity index (χ0n) is 33.3. The maximum Gasteiger partial charge on any atom is 0.469 e. The molecule has 0 aliphatic carbocycles. The molecule has 0 aromatic heterocycles. The number of phosphoric ester groups is 1. The predicted octanol–water partition coefficient (Wildman–Crippen LogP) is 10.1. The minimum absolute atomic E-state index is 0.0188. The molecule has 0 saturated heterocycles. The van der Waals surface area contributed by atoms with Gasteiger partial charge in [-0.15, -0.1) is 0 Å². The van der Waals surface area contributed by atoms with Crippen molar-refractivity contribution in [2.75, 3.05) is 13.2 Å². The van der Waals surface area contributed by atoms with Gasteiger partial charge in [0.1, 0.15) is 6.61 Å². The van der Waals surface area contributed by atoms with Gasteiger partial charge in [0.05, 0.1) is 18.8 Å². The van der Waals surface area contributed by atoms with E-state index in [1.54, 1.807) is 18.2 Å². The second kappa shape index (κ2) is 35.6. The molecule has 308 valence electrons. The Bertz CT molecular complexity index is 1050. The predicted molar refractivity (Wildman–Crippen MR) is 214 cm³/mol. The van der Waals surface area contributed by atoms with Gasteiger partial charge in [0, 0.05) is 12.8 Å². The highest BCUT2D eigenvalue weighted by atomic mass is 31.2. The monoisotopic (exact) mass is 771 g/mol. The van der Waals surface area contributed by atoms with Gasteiger partial charge in [0.2, 0.25) is 0 Å². The molecule has 4 N–H and O–H groups in total. The number of aliphatic hydroxyl groups excluding tert-OH is 2. The Morgan fingerprint density at radius 1 is 0.604 bits per heavy atom. The molecule has 0 amide bonds. The lowest BCUT2D eigenvalue weighted by Crippen LogP contribution is -2.29. The van der Waals surface area contributed by atoms with Crippen molar-refractivity contribution >= 4 is 19.8 Å². The highest BCUT2D eigenvalue weighted by Crippen LogP contribution is 2.36. The number of unbranched alkanes of at least 4 members (excludes halogenated alkanes) is 14. The number of aliphatic hydroxyl groups is 2. The third-order valence-electron chi connectivity index (χ3n) is 8.74. The summed E-state index contributed by atoms with van der Waals surface area (Å²) < 4.78 is 26.2. The minimum atomic E-state index is -4.81. The number of allylic oxidation sites excluding steroid dienone is 6. The molecule has 0 spiro atoms. The first-order valence-corrected chi connectivity index (χ1v) is 22.0. The van der Waals surface area contributed by atoms with Crippen LogP contribution in [0.15, 0.2) is 48.6 Å². The van der Waals surface area contributed by atoms with Crippen LogP contribution in [-0.4, -0.2) is 63.5 Å². The minimum Gasteiger partial charge on any atom is -0.462 e. The van der Waals surface area contributed by atoms with E-state index in [2.05, 4.69) is 25.3 Å². The molecule has 0 aromatic carbocycles. The van der Waals surface area contributed by atoms with Crippen LogP contribution in [0.3, 0.4) is 0 Å². The first-order chi connectivity index (χ1) is 25.4. The lowest BCUT2D eigenvalue weighted by molar-refractivity contribution is -0.161. The molecule has 0 saturated carbocycles. The molecule has 53 heavy (non-hydrogen) atoms. The number of phosphoric acid groups is 1. The molecule has 0 fully saturated rings. The maximum atomic E-state index is 12.4. The molecule has 0 unspecified atom stereocenters. The first kappa shape index (κ1) is 50.9. The van der Waals surface area contributed by atoms with Crippen LogP contribution in [0.5, 0.6) is 0 Å². The SMILES string of the molecule is CCCCC[C@H](O)/C=C/C=C\C/C=C\C=C\[C@H](O)CCCC(=O)OC[C@H](COP(=O)(O)O)OC(=O)CCCCCCCCCCCCCCCC(C)C. The molecule has 0 bridgehead atoms. The van der Waals surface area contributed by atoms with E-state index in [1.807, 2.05) is 30.4 Å². The second-order valence-electron chi connectivity index (χ2n) is 14.5. The molecule has 3 atom stereocenters. The van der Waals surface area contributed by atoms with E-state index in [9.17, 15) is 24.4 Å². The smallest absolute Gasteiger partial charge is 0.462 e. The Morgan fingerprint density at radius 2 is 1.08 bits per heavy atom. The highest BCUT2D eigenvalue weighted by Gasteiger charge is 2.23. The van der Waals surface area contributed by atoms with Crippen LogP contribution in [0.25, 0.3) is 0 Å². The van der Waals surface area contributed by atoms with Crippen molar-refractivity contribution < 1.29 is 48.2 Å². The topological polar surface area (TPSA) is 160 Å². The standard InChI is InChI=1S/C42H75O10P/c1-4-5-22-29-38(43)30-24-19-15-13-16-20-25-31-39(44)32-27-34-41(45)50-35-40(36-51-53(47,48)49)52-42(46)33-26-21-17-12-10-8-6-7-9-11-14-18-23-28-37(2)3/h15-16,19-20,24-25,30-31,37-40,43-44H,4-14,17-18,21-23,26-29,32-36H2,1-3H3,(H2,47,48,49)/b19-15-,20-16-,30-24+,31-25+/t38-,39-,40+/m0/s1. The van der Waals surface area contributed by atoms with Crippen LogP contribution >= 0.6 is 7.82 Å². The molecular weight excluding hydrogens is 695 g/mol. The number of carbonyl (C=O) groups is 2. The van der Waals surface area contributed by atoms with Crippen LogP contribution in [-0.2, 0) is 28.2 Å². The van der Waals surface area contributed by atoms with Gasteiger partial charge in [-0.1, -0.05) is 172 Å². The zero-order valence-corrected chi connectivity index (χ0v) is 34.2. The van der Waals surface area contributed by atoms with Crippen LogP contribution in [0, 0.1) is 5.92 Å². The Labute approximate surface area is 321 Å². The van der Waals surface area contributed by atoms with Gasteiger partial charge in [-0.25, -0.2) is 4.57 Å². The number of hydrogen-bond acceptors (Lipinski definition) is 8. The molecule has 0 rings (SSSR count). The molecule has 11 heteroatoms. The molecule has 0 aromatic rings. The summed E-state index contributed by atoms with van der Waals surface area (Å²) in [6, 6.07) is 0. The fourth-order valence-corrected chi connectivity index (χ4v) is 5.96. The van der Waals surface area contributed by atoms with Crippen molar-refractivity contribution in [1.29, 1.82) is 0 Å². The van der Waals surface area contributed by atoms with E-state index in [-0.39, 0.29) is 19.4 Å². The summed E-state index contributed by atoms with van der Waals surface area (Å²) in [4.78, 5) is 42.8. The van der Waals surface area contributed by atoms with Crippen LogP contribution in [0.2, 0.25) is 0 Å². The Morgan fingerprint density at radius 3 is 1.58 bits per heavy atom. The van der Waals surface area contributed by atoms with E-state index >= 15 is 0 Å². The quantitative estimate of drug-likeness (QED) is 0.0209. The maximum absolute atomic E-state index is 12.4. The summed E-state index contributed by atoms with van der Waals surface area (Å²) >= 11 is 0. The van der Waals surface area contributed by atoms with Crippen LogP contribution < -0.4 is 0 Å². The summed E-state index contributed by atoms with van der Waals surface area (Å²) in [6.45, 7) is 5.71. The summed E-state index contributed by atoms with van der Waals surface area (Å²) in [5.74, 6) is -0.301. The number of esters is 2. The Hall–Kier alpha value is -2.07. The van der Waals surface area contributed by atoms with E-state index in [4.69, 9.17) is 19.3 Å². The normalized spacial score (nSPS) is 14.3. The summed E-state index contributed by atoms with van der Waals surface area (Å²) in [5.41, 5.74) is 0. The van der Waals surface area contributed by atoms with E-state index in [0.717, 1.165) is 50.9 Å². The van der Waals surface area contributed by atoms with Crippen molar-refractivity contribution in [2.45, 2.75) is 187 Å². The van der Waals surface area contributed by atoms with Crippen molar-refractivity contribution in [3.63, 3.8) is 0 Å². The third kappa shape index (κ3) is 39.4. The molecule has 0 heterocycles. The van der Waals surface area contributed by atoms with Crippen molar-refractivity contribution in [2.24, 2.45) is 5.92 Å². The fraction of sp³-hybridized carbons (Fsp3) is 0.762. The van der Waals surface area contributed by atoms with Crippen molar-refractivity contribution in [3.8, 4) is 0 Å². The molecule has 0 aliphatic rings. The van der Waals surface area contributed by atoms with Gasteiger partial charge in [0.25, 0.3) is 0 Å². The third-order valence-corrected chi connectivity index (χ3v) is 9.22. The summed E-state index contributed by atoms with van der Waals surface area (Å²) in [6.07, 6.45) is 34.8. The summed E-state index contributed by atoms with van der Waals surface area (Å²) in [5, 5.41) is 20.0. The van der Waals surface area contributed by atoms with Crippen molar-refractivity contribution in [3.05, 3.63) is 48.6 Å². The number of ether oxygens (including phenoxy) is 2. The Balaban J connectivity index is 4.17. The van der Waals surface area contributed by atoms with E-state index in [0.29, 0.717) is 25.7 Å². The van der Waals surface area contributed by atoms with Gasteiger partial charge < -0.3 is 29.5 Å². The number of hydrogen-bond donors (Lipinski definition) is 4. The second-order valence-corrected chi connectivity index (χ2v) is 15.7. The largest absolute Gasteiger partial charge is 0.469 e. The van der Waals surface area contributed by atoms with E-state index in [1.165, 1.54) is 64.2 Å². The molecule has 0 aliphatic heterocycles. The number of carbonyl (C=O) groups excluding carboxylic acids is 2. The van der Waals surface area contributed by atoms with Crippen LogP contribution in [0.4, 0.5) is 0 Å². The van der Waals surface area contributed by atoms with Gasteiger partial charge in [-0.05, 0) is 38.0 Å². The number of rotatable bonds is 36. The first-order valence-electron chi connectivity index (χ1n) is 20.5. The molecule has 0 radical (unpaired) electrons. The zero-order chi connectivity index (χ0) is 39.4. The Kier molecular flexibility index (Phi) is 34.2. The highest BCUT2D eigenvalue weighted by molar-refractivity contribution is 7.46. The average molecular weight is 771 g/mol. The lowest BCUT2D eigenvalue weighted by atomic mass is 10.0. The average Bonchev–Trinajstić information content (AvgIpc) is 3.10. The van der Waals surface area contributed by atoms with Gasteiger partial charge in [0.15, 0.2) is 6.10 Å². The van der Waals surface area contributed by atoms with Gasteiger partial charge >= 0.3 is 19.8 Å². The summed E-state index contributed by atoms with van der Waals surface area (Å²) in [7, 11) is -4.81. The van der Waals surface area contributed by atoms with E-state index < -0.39 is 44.7 Å². The lowest BCUT2D eigenvalue weighted by Gasteiger charge is -2.18. The van der Waals surface area contributed by atoms with Crippen LogP contribution in [0.1, 0.15) is 168 Å². The molecule has 10 nitrogen and oxygen atoms in total. The van der Waals surface area contributed by atoms with Gasteiger partial charge in [-0.3, -0.25) is 14.1 Å². The van der Waals surface area contributed by atoms with Crippen molar-refractivity contribution in [1.82, 2.24) is 0 Å². The molecular formula is C42H75O10P.